The van der Waals surface area contributed by atoms with Crippen LogP contribution in [0.3, 0.4) is 0 Å². The quantitative estimate of drug-likeness (QED) is 0.919. The van der Waals surface area contributed by atoms with Crippen molar-refractivity contribution in [3.05, 3.63) is 40.4 Å². The zero-order valence-corrected chi connectivity index (χ0v) is 14.2. The molecular formula is C18H24N4O2. The van der Waals surface area contributed by atoms with Gasteiger partial charge in [-0.1, -0.05) is 26.0 Å². The fraction of sp³-hybridized carbons (Fsp3) is 0.500. The molecule has 6 heteroatoms. The van der Waals surface area contributed by atoms with Gasteiger partial charge >= 0.3 is 0 Å². The number of hydrogen-bond acceptors (Lipinski definition) is 4. The first-order valence-electron chi connectivity index (χ1n) is 8.43. The van der Waals surface area contributed by atoms with E-state index in [1.807, 2.05) is 12.1 Å². The van der Waals surface area contributed by atoms with Crippen molar-refractivity contribution in [1.82, 2.24) is 14.5 Å². The summed E-state index contributed by atoms with van der Waals surface area (Å²) in [6, 6.07) is 7.23. The zero-order valence-electron chi connectivity index (χ0n) is 14.2. The Morgan fingerprint density at radius 1 is 1.25 bits per heavy atom. The van der Waals surface area contributed by atoms with Gasteiger partial charge in [-0.3, -0.25) is 19.1 Å². The lowest BCUT2D eigenvalue weighted by Crippen LogP contribution is -2.40. The van der Waals surface area contributed by atoms with Crippen molar-refractivity contribution < 1.29 is 4.79 Å². The minimum atomic E-state index is -0.532. The maximum atomic E-state index is 12.8. The number of piperidine rings is 1. The smallest absolute Gasteiger partial charge is 0.261 e. The molecule has 0 aliphatic carbocycles. The lowest BCUT2D eigenvalue weighted by molar-refractivity contribution is -0.118. The van der Waals surface area contributed by atoms with E-state index in [9.17, 15) is 9.59 Å². The van der Waals surface area contributed by atoms with Crippen LogP contribution in [-0.2, 0) is 17.9 Å². The van der Waals surface area contributed by atoms with Crippen LogP contribution < -0.4 is 11.3 Å². The third-order valence-corrected chi connectivity index (χ3v) is 4.56. The minimum Gasteiger partial charge on any atom is -0.368 e. The Labute approximate surface area is 141 Å². The van der Waals surface area contributed by atoms with Crippen LogP contribution in [0.1, 0.15) is 26.1 Å². The summed E-state index contributed by atoms with van der Waals surface area (Å²) >= 11 is 0. The van der Waals surface area contributed by atoms with E-state index in [-0.39, 0.29) is 12.1 Å². The molecule has 24 heavy (non-hydrogen) atoms. The van der Waals surface area contributed by atoms with E-state index in [1.165, 1.54) is 11.0 Å². The van der Waals surface area contributed by atoms with Gasteiger partial charge in [-0.15, -0.1) is 0 Å². The van der Waals surface area contributed by atoms with Crippen molar-refractivity contribution >= 4 is 16.8 Å². The molecule has 2 atom stereocenters. The Kier molecular flexibility index (Phi) is 4.66. The van der Waals surface area contributed by atoms with Crippen LogP contribution in [0.2, 0.25) is 0 Å². The van der Waals surface area contributed by atoms with Gasteiger partial charge in [0, 0.05) is 13.1 Å². The van der Waals surface area contributed by atoms with Crippen molar-refractivity contribution in [2.24, 2.45) is 17.6 Å². The molecule has 1 aromatic heterocycles. The number of carbonyl (C=O) groups excluding carboxylic acids is 1. The number of likely N-dealkylation sites (tertiary alicyclic amines) is 1. The SMILES string of the molecule is C[C@H]1C[C@H](C)CN(Cc2nc3ccccc3c(=O)n2CC(N)=O)C1. The molecule has 1 aliphatic heterocycles. The number of hydrogen-bond donors (Lipinski definition) is 1. The van der Waals surface area contributed by atoms with E-state index < -0.39 is 5.91 Å². The predicted molar refractivity (Wildman–Crippen MR) is 93.4 cm³/mol. The lowest BCUT2D eigenvalue weighted by atomic mass is 9.92. The van der Waals surface area contributed by atoms with Crippen molar-refractivity contribution in [3.8, 4) is 0 Å². The van der Waals surface area contributed by atoms with Crippen molar-refractivity contribution in [1.29, 1.82) is 0 Å². The summed E-state index contributed by atoms with van der Waals surface area (Å²) in [7, 11) is 0. The molecule has 1 saturated heterocycles. The average molecular weight is 328 g/mol. The monoisotopic (exact) mass is 328 g/mol. The number of primary amides is 1. The summed E-state index contributed by atoms with van der Waals surface area (Å²) in [6.45, 7) is 6.86. The molecule has 2 N–H and O–H groups in total. The number of carbonyl (C=O) groups is 1. The summed E-state index contributed by atoms with van der Waals surface area (Å²) < 4.78 is 1.43. The van der Waals surface area contributed by atoms with Gasteiger partial charge in [0.05, 0.1) is 17.4 Å². The average Bonchev–Trinajstić information content (AvgIpc) is 2.50. The van der Waals surface area contributed by atoms with Crippen molar-refractivity contribution in [3.63, 3.8) is 0 Å². The van der Waals surface area contributed by atoms with E-state index in [0.717, 1.165) is 13.1 Å². The van der Waals surface area contributed by atoms with Crippen LogP contribution in [0, 0.1) is 11.8 Å². The maximum absolute atomic E-state index is 12.8. The predicted octanol–water partition coefficient (Wildman–Crippen LogP) is 1.36. The van der Waals surface area contributed by atoms with E-state index in [1.54, 1.807) is 12.1 Å². The highest BCUT2D eigenvalue weighted by Gasteiger charge is 2.23. The van der Waals surface area contributed by atoms with E-state index in [0.29, 0.717) is 35.1 Å². The molecule has 1 fully saturated rings. The van der Waals surface area contributed by atoms with Gasteiger partial charge < -0.3 is 5.73 Å². The third-order valence-electron chi connectivity index (χ3n) is 4.56. The summed E-state index contributed by atoms with van der Waals surface area (Å²) in [5, 5.41) is 0.517. The Balaban J connectivity index is 2.01. The lowest BCUT2D eigenvalue weighted by Gasteiger charge is -2.35. The fourth-order valence-electron chi connectivity index (χ4n) is 3.77. The maximum Gasteiger partial charge on any atom is 0.261 e. The molecule has 2 heterocycles. The second-order valence-electron chi connectivity index (χ2n) is 7.04. The normalized spacial score (nSPS) is 21.9. The van der Waals surface area contributed by atoms with Gasteiger partial charge in [-0.25, -0.2) is 4.98 Å². The fourth-order valence-corrected chi connectivity index (χ4v) is 3.77. The number of nitrogens with two attached hydrogens (primary N) is 1. The highest BCUT2D eigenvalue weighted by atomic mass is 16.2. The summed E-state index contributed by atoms with van der Waals surface area (Å²) in [6.07, 6.45) is 1.22. The second-order valence-corrected chi connectivity index (χ2v) is 7.04. The Morgan fingerprint density at radius 3 is 2.58 bits per heavy atom. The summed E-state index contributed by atoms with van der Waals surface area (Å²) in [4.78, 5) is 31.1. The van der Waals surface area contributed by atoms with E-state index in [4.69, 9.17) is 5.73 Å². The number of rotatable bonds is 4. The number of aromatic nitrogens is 2. The Bertz CT molecular complexity index is 804. The van der Waals surface area contributed by atoms with Gasteiger partial charge in [0.1, 0.15) is 12.4 Å². The van der Waals surface area contributed by atoms with E-state index >= 15 is 0 Å². The van der Waals surface area contributed by atoms with Gasteiger partial charge in [-0.2, -0.15) is 0 Å². The molecule has 0 saturated carbocycles. The molecule has 0 radical (unpaired) electrons. The van der Waals surface area contributed by atoms with E-state index in [2.05, 4.69) is 23.7 Å². The number of para-hydroxylation sites is 1. The molecule has 3 rings (SSSR count). The van der Waals surface area contributed by atoms with Crippen LogP contribution in [0.5, 0.6) is 0 Å². The first-order chi connectivity index (χ1) is 11.4. The van der Waals surface area contributed by atoms with Gasteiger partial charge in [-0.05, 0) is 30.4 Å². The minimum absolute atomic E-state index is 0.134. The molecule has 1 aromatic carbocycles. The molecular weight excluding hydrogens is 304 g/mol. The number of fused-ring (bicyclic) bond motifs is 1. The van der Waals surface area contributed by atoms with Crippen molar-refractivity contribution in [2.45, 2.75) is 33.4 Å². The van der Waals surface area contributed by atoms with Crippen LogP contribution in [-0.4, -0.2) is 33.4 Å². The molecule has 1 aliphatic rings. The van der Waals surface area contributed by atoms with Crippen LogP contribution in [0.4, 0.5) is 0 Å². The van der Waals surface area contributed by atoms with Gasteiger partial charge in [0.2, 0.25) is 5.91 Å². The first kappa shape index (κ1) is 16.6. The Morgan fingerprint density at radius 2 is 1.92 bits per heavy atom. The van der Waals surface area contributed by atoms with Crippen LogP contribution in [0.25, 0.3) is 10.9 Å². The second kappa shape index (κ2) is 6.73. The Hall–Kier alpha value is -2.21. The molecule has 0 spiro atoms. The van der Waals surface area contributed by atoms with Gasteiger partial charge in [0.15, 0.2) is 0 Å². The summed E-state index contributed by atoms with van der Waals surface area (Å²) in [5.41, 5.74) is 5.81. The highest BCUT2D eigenvalue weighted by molar-refractivity contribution is 5.78. The first-order valence-corrected chi connectivity index (χ1v) is 8.43. The largest absolute Gasteiger partial charge is 0.368 e. The standard InChI is InChI=1S/C18H24N4O2/c1-12-7-13(2)9-21(8-12)11-17-20-15-6-4-3-5-14(15)18(24)22(17)10-16(19)23/h3-6,12-13H,7-11H2,1-2H3,(H2,19,23)/t12-,13-/m0/s1. The topological polar surface area (TPSA) is 81.2 Å². The number of benzene rings is 1. The van der Waals surface area contributed by atoms with Crippen LogP contribution in [0.15, 0.2) is 29.1 Å². The molecule has 6 nitrogen and oxygen atoms in total. The molecule has 0 unspecified atom stereocenters. The van der Waals surface area contributed by atoms with Crippen LogP contribution >= 0.6 is 0 Å². The molecule has 0 bridgehead atoms. The molecule has 2 aromatic rings. The number of nitrogens with zero attached hydrogens (tertiary/aromatic N) is 3. The highest BCUT2D eigenvalue weighted by Crippen LogP contribution is 2.22. The zero-order chi connectivity index (χ0) is 17.3. The third kappa shape index (κ3) is 3.48. The van der Waals surface area contributed by atoms with Gasteiger partial charge in [0.25, 0.3) is 5.56 Å². The molecule has 128 valence electrons. The van der Waals surface area contributed by atoms with Crippen molar-refractivity contribution in [2.75, 3.05) is 13.1 Å². The summed E-state index contributed by atoms with van der Waals surface area (Å²) in [5.74, 6) is 1.31. The number of amides is 1. The molecule has 1 amide bonds.